The Morgan fingerprint density at radius 2 is 2.08 bits per heavy atom. The molecule has 0 radical (unpaired) electrons. The fourth-order valence-corrected chi connectivity index (χ4v) is 3.24. The molecule has 0 unspecified atom stereocenters. The van der Waals surface area contributed by atoms with Crippen molar-refractivity contribution in [3.8, 4) is 0 Å². The maximum Gasteiger partial charge on any atom is 0.227 e. The largest absolute Gasteiger partial charge is 0.312 e. The minimum Gasteiger partial charge on any atom is -0.312 e. The molecular formula is C19H20N4O. The van der Waals surface area contributed by atoms with Gasteiger partial charge in [-0.1, -0.05) is 18.2 Å². The SMILES string of the molecule is O=C1CCCN1c1cccc(CNCc2cccn3ccnc23)c1. The number of carbonyl (C=O) groups is 1. The van der Waals surface area contributed by atoms with Crippen LogP contribution in [0.1, 0.15) is 24.0 Å². The van der Waals surface area contributed by atoms with Gasteiger partial charge in [0.25, 0.3) is 0 Å². The summed E-state index contributed by atoms with van der Waals surface area (Å²) >= 11 is 0. The number of aromatic nitrogens is 2. The first kappa shape index (κ1) is 14.9. The van der Waals surface area contributed by atoms with E-state index in [1.54, 1.807) is 0 Å². The van der Waals surface area contributed by atoms with Gasteiger partial charge in [0, 0.05) is 55.9 Å². The highest BCUT2D eigenvalue weighted by molar-refractivity contribution is 5.95. The van der Waals surface area contributed by atoms with Crippen molar-refractivity contribution in [1.82, 2.24) is 14.7 Å². The van der Waals surface area contributed by atoms with Crippen LogP contribution in [0.4, 0.5) is 5.69 Å². The van der Waals surface area contributed by atoms with Gasteiger partial charge in [-0.2, -0.15) is 0 Å². The zero-order valence-corrected chi connectivity index (χ0v) is 13.5. The van der Waals surface area contributed by atoms with Crippen LogP contribution in [0, 0.1) is 0 Å². The van der Waals surface area contributed by atoms with Crippen molar-refractivity contribution in [2.75, 3.05) is 11.4 Å². The summed E-state index contributed by atoms with van der Waals surface area (Å²) < 4.78 is 2.02. The van der Waals surface area contributed by atoms with Crippen LogP contribution >= 0.6 is 0 Å². The van der Waals surface area contributed by atoms with Gasteiger partial charge in [0.15, 0.2) is 0 Å². The number of rotatable bonds is 5. The molecule has 1 saturated heterocycles. The molecule has 1 amide bonds. The van der Waals surface area contributed by atoms with E-state index in [1.165, 1.54) is 11.1 Å². The summed E-state index contributed by atoms with van der Waals surface area (Å²) in [5.74, 6) is 0.228. The first-order chi connectivity index (χ1) is 11.8. The number of amides is 1. The highest BCUT2D eigenvalue weighted by atomic mass is 16.2. The van der Waals surface area contributed by atoms with Crippen LogP contribution in [0.3, 0.4) is 0 Å². The molecule has 5 nitrogen and oxygen atoms in total. The van der Waals surface area contributed by atoms with Crippen LogP contribution in [-0.2, 0) is 17.9 Å². The molecule has 0 aliphatic carbocycles. The minimum atomic E-state index is 0.228. The van der Waals surface area contributed by atoms with Crippen molar-refractivity contribution in [2.24, 2.45) is 0 Å². The number of nitrogens with one attached hydrogen (secondary N) is 1. The molecule has 24 heavy (non-hydrogen) atoms. The van der Waals surface area contributed by atoms with Gasteiger partial charge in [-0.3, -0.25) is 4.79 Å². The van der Waals surface area contributed by atoms with Crippen molar-refractivity contribution >= 4 is 17.2 Å². The second-order valence-electron chi connectivity index (χ2n) is 6.11. The van der Waals surface area contributed by atoms with E-state index in [4.69, 9.17) is 0 Å². The molecule has 0 spiro atoms. The lowest BCUT2D eigenvalue weighted by Gasteiger charge is -2.16. The number of nitrogens with zero attached hydrogens (tertiary/aromatic N) is 3. The predicted molar refractivity (Wildman–Crippen MR) is 93.8 cm³/mol. The molecule has 1 fully saturated rings. The second-order valence-corrected chi connectivity index (χ2v) is 6.11. The van der Waals surface area contributed by atoms with Crippen LogP contribution in [0.2, 0.25) is 0 Å². The summed E-state index contributed by atoms with van der Waals surface area (Å²) in [6, 6.07) is 12.4. The highest BCUT2D eigenvalue weighted by Crippen LogP contribution is 2.22. The van der Waals surface area contributed by atoms with Gasteiger partial charge in [0.05, 0.1) is 0 Å². The van der Waals surface area contributed by atoms with E-state index in [-0.39, 0.29) is 5.91 Å². The van der Waals surface area contributed by atoms with Crippen LogP contribution in [-0.4, -0.2) is 21.8 Å². The normalized spacial score (nSPS) is 14.7. The lowest BCUT2D eigenvalue weighted by atomic mass is 10.2. The third kappa shape index (κ3) is 2.90. The Morgan fingerprint density at radius 3 is 2.96 bits per heavy atom. The van der Waals surface area contributed by atoms with Crippen molar-refractivity contribution in [3.05, 3.63) is 66.1 Å². The molecule has 0 atom stereocenters. The standard InChI is InChI=1S/C19H20N4O/c24-18-7-3-10-23(18)17-6-1-4-15(12-17)13-20-14-16-5-2-9-22-11-8-21-19(16)22/h1-2,4-6,8-9,11-12,20H,3,7,10,13-14H2. The quantitative estimate of drug-likeness (QED) is 0.786. The van der Waals surface area contributed by atoms with E-state index < -0.39 is 0 Å². The molecule has 0 bridgehead atoms. The lowest BCUT2D eigenvalue weighted by molar-refractivity contribution is -0.117. The molecular weight excluding hydrogens is 300 g/mol. The van der Waals surface area contributed by atoms with Crippen LogP contribution < -0.4 is 10.2 Å². The second kappa shape index (κ2) is 6.45. The van der Waals surface area contributed by atoms with Crippen molar-refractivity contribution in [1.29, 1.82) is 0 Å². The third-order valence-corrected chi connectivity index (χ3v) is 4.44. The Hall–Kier alpha value is -2.66. The Morgan fingerprint density at radius 1 is 1.12 bits per heavy atom. The summed E-state index contributed by atoms with van der Waals surface area (Å²) in [4.78, 5) is 18.2. The third-order valence-electron chi connectivity index (χ3n) is 4.44. The number of anilines is 1. The van der Waals surface area contributed by atoms with E-state index in [0.29, 0.717) is 6.42 Å². The van der Waals surface area contributed by atoms with Gasteiger partial charge in [0.2, 0.25) is 5.91 Å². The van der Waals surface area contributed by atoms with Gasteiger partial charge >= 0.3 is 0 Å². The van der Waals surface area contributed by atoms with Crippen molar-refractivity contribution < 1.29 is 4.79 Å². The minimum absolute atomic E-state index is 0.228. The fraction of sp³-hybridized carbons (Fsp3) is 0.263. The Balaban J connectivity index is 1.43. The summed E-state index contributed by atoms with van der Waals surface area (Å²) in [6.07, 6.45) is 7.39. The molecule has 5 heteroatoms. The van der Waals surface area contributed by atoms with Gasteiger partial charge in [-0.25, -0.2) is 4.98 Å². The number of benzene rings is 1. The van der Waals surface area contributed by atoms with E-state index in [1.807, 2.05) is 46.1 Å². The van der Waals surface area contributed by atoms with E-state index >= 15 is 0 Å². The van der Waals surface area contributed by atoms with E-state index in [2.05, 4.69) is 28.5 Å². The summed E-state index contributed by atoms with van der Waals surface area (Å²) in [5.41, 5.74) is 4.35. The zero-order valence-electron chi connectivity index (χ0n) is 13.5. The average molecular weight is 320 g/mol. The number of imidazole rings is 1. The molecule has 1 aliphatic heterocycles. The topological polar surface area (TPSA) is 49.6 Å². The molecule has 3 heterocycles. The van der Waals surface area contributed by atoms with Gasteiger partial charge < -0.3 is 14.6 Å². The lowest BCUT2D eigenvalue weighted by Crippen LogP contribution is -2.23. The first-order valence-electron chi connectivity index (χ1n) is 8.32. The molecule has 122 valence electrons. The monoisotopic (exact) mass is 320 g/mol. The Bertz CT molecular complexity index is 870. The van der Waals surface area contributed by atoms with Gasteiger partial charge in [-0.05, 0) is 30.2 Å². The van der Waals surface area contributed by atoms with Crippen LogP contribution in [0.25, 0.3) is 5.65 Å². The van der Waals surface area contributed by atoms with Crippen LogP contribution in [0.15, 0.2) is 55.0 Å². The number of pyridine rings is 1. The number of hydrogen-bond donors (Lipinski definition) is 1. The molecule has 1 aromatic carbocycles. The van der Waals surface area contributed by atoms with Crippen LogP contribution in [0.5, 0.6) is 0 Å². The first-order valence-corrected chi connectivity index (χ1v) is 8.32. The van der Waals surface area contributed by atoms with E-state index in [9.17, 15) is 4.79 Å². The van der Waals surface area contributed by atoms with E-state index in [0.717, 1.165) is 37.4 Å². The smallest absolute Gasteiger partial charge is 0.227 e. The highest BCUT2D eigenvalue weighted by Gasteiger charge is 2.21. The molecule has 3 aromatic rings. The number of carbonyl (C=O) groups excluding carboxylic acids is 1. The molecule has 0 saturated carbocycles. The fourth-order valence-electron chi connectivity index (χ4n) is 3.24. The number of fused-ring (bicyclic) bond motifs is 1. The maximum absolute atomic E-state index is 11.9. The maximum atomic E-state index is 11.9. The molecule has 2 aromatic heterocycles. The van der Waals surface area contributed by atoms with Crippen molar-refractivity contribution in [3.63, 3.8) is 0 Å². The summed E-state index contributed by atoms with van der Waals surface area (Å²) in [6.45, 7) is 2.35. The Labute approximate surface area is 140 Å². The average Bonchev–Trinajstić information content (AvgIpc) is 3.24. The predicted octanol–water partition coefficient (Wildman–Crippen LogP) is 2.75. The summed E-state index contributed by atoms with van der Waals surface area (Å²) in [7, 11) is 0. The van der Waals surface area contributed by atoms with Gasteiger partial charge in [-0.15, -0.1) is 0 Å². The Kier molecular flexibility index (Phi) is 4.01. The molecule has 1 N–H and O–H groups in total. The van der Waals surface area contributed by atoms with Crippen molar-refractivity contribution in [2.45, 2.75) is 25.9 Å². The zero-order chi connectivity index (χ0) is 16.4. The molecule has 4 rings (SSSR count). The summed E-state index contributed by atoms with van der Waals surface area (Å²) in [5, 5.41) is 3.47. The molecule has 1 aliphatic rings. The van der Waals surface area contributed by atoms with Gasteiger partial charge in [0.1, 0.15) is 5.65 Å². The number of hydrogen-bond acceptors (Lipinski definition) is 3.